The van der Waals surface area contributed by atoms with Crippen LogP contribution in [0.1, 0.15) is 18.1 Å². The molecule has 0 bridgehead atoms. The first-order chi connectivity index (χ1) is 13.3. The number of amides is 1. The molecule has 0 radical (unpaired) electrons. The van der Waals surface area contributed by atoms with Gasteiger partial charge in [-0.2, -0.15) is 0 Å². The van der Waals surface area contributed by atoms with E-state index in [9.17, 15) is 14.9 Å². The van der Waals surface area contributed by atoms with Gasteiger partial charge in [0, 0.05) is 11.6 Å². The van der Waals surface area contributed by atoms with Gasteiger partial charge in [0.2, 0.25) is 11.8 Å². The van der Waals surface area contributed by atoms with Crippen LogP contribution < -0.4 is 5.32 Å². The highest BCUT2D eigenvalue weighted by molar-refractivity contribution is 8.00. The molecule has 8 nitrogen and oxygen atoms in total. The van der Waals surface area contributed by atoms with Crippen LogP contribution >= 0.6 is 11.8 Å². The number of hydrogen-bond donors (Lipinski definition) is 1. The van der Waals surface area contributed by atoms with Crippen molar-refractivity contribution < 1.29 is 14.1 Å². The number of nitro groups is 1. The first-order valence-electron chi connectivity index (χ1n) is 8.46. The fourth-order valence-electron chi connectivity index (χ4n) is 2.65. The third kappa shape index (κ3) is 4.55. The molecule has 1 aromatic heterocycles. The Hall–Kier alpha value is -3.20. The number of hydrogen-bond acceptors (Lipinski definition) is 7. The Morgan fingerprint density at radius 3 is 2.54 bits per heavy atom. The molecular formula is C19H18N4O4S. The normalized spacial score (nSPS) is 11.8. The summed E-state index contributed by atoms with van der Waals surface area (Å²) in [5.74, 6) is -0.0222. The van der Waals surface area contributed by atoms with Crippen molar-refractivity contribution in [2.24, 2.45) is 0 Å². The summed E-state index contributed by atoms with van der Waals surface area (Å²) in [6, 6.07) is 11.9. The SMILES string of the molecule is Cc1cc(C)cc(-c2nnc(S[C@@H](C)C(=O)Nc3ccccc3[N+](=O)[O-])o2)c1. The zero-order valence-corrected chi connectivity index (χ0v) is 16.3. The minimum atomic E-state index is -0.590. The summed E-state index contributed by atoms with van der Waals surface area (Å²) >= 11 is 1.09. The quantitative estimate of drug-likeness (QED) is 0.372. The van der Waals surface area contributed by atoms with Crippen molar-refractivity contribution in [3.8, 4) is 11.5 Å². The highest BCUT2D eigenvalue weighted by Gasteiger charge is 2.22. The summed E-state index contributed by atoms with van der Waals surface area (Å²) in [4.78, 5) is 22.9. The predicted octanol–water partition coefficient (Wildman–Crippen LogP) is 4.38. The van der Waals surface area contributed by atoms with E-state index in [4.69, 9.17) is 4.42 Å². The third-order valence-electron chi connectivity index (χ3n) is 3.88. The Balaban J connectivity index is 1.70. The molecule has 0 saturated carbocycles. The first-order valence-corrected chi connectivity index (χ1v) is 9.34. The van der Waals surface area contributed by atoms with Crippen molar-refractivity contribution in [3.05, 3.63) is 63.7 Å². The number of nitrogens with one attached hydrogen (secondary N) is 1. The van der Waals surface area contributed by atoms with Crippen molar-refractivity contribution >= 4 is 29.0 Å². The summed E-state index contributed by atoms with van der Waals surface area (Å²) in [7, 11) is 0. The molecule has 28 heavy (non-hydrogen) atoms. The van der Waals surface area contributed by atoms with E-state index in [-0.39, 0.29) is 16.6 Å². The van der Waals surface area contributed by atoms with Crippen molar-refractivity contribution in [2.45, 2.75) is 31.2 Å². The number of aryl methyl sites for hydroxylation is 2. The molecule has 1 atom stereocenters. The average Bonchev–Trinajstić information content (AvgIpc) is 3.09. The van der Waals surface area contributed by atoms with Gasteiger partial charge in [-0.25, -0.2) is 0 Å². The maximum Gasteiger partial charge on any atom is 0.292 e. The van der Waals surface area contributed by atoms with Crippen molar-refractivity contribution in [1.29, 1.82) is 0 Å². The Labute approximate surface area is 165 Å². The van der Waals surface area contributed by atoms with E-state index in [1.54, 1.807) is 19.1 Å². The van der Waals surface area contributed by atoms with Crippen LogP contribution in [-0.4, -0.2) is 26.3 Å². The number of benzene rings is 2. The molecule has 0 spiro atoms. The van der Waals surface area contributed by atoms with E-state index in [1.165, 1.54) is 12.1 Å². The van der Waals surface area contributed by atoms with Gasteiger partial charge in [-0.05, 0) is 39.0 Å². The third-order valence-corrected chi connectivity index (χ3v) is 4.81. The fourth-order valence-corrected chi connectivity index (χ4v) is 3.33. The van der Waals surface area contributed by atoms with Crippen molar-refractivity contribution in [1.82, 2.24) is 10.2 Å². The Morgan fingerprint density at radius 1 is 1.18 bits per heavy atom. The summed E-state index contributed by atoms with van der Waals surface area (Å²) in [5, 5.41) is 21.3. The minimum Gasteiger partial charge on any atom is -0.411 e. The maximum atomic E-state index is 12.4. The largest absolute Gasteiger partial charge is 0.411 e. The molecular weight excluding hydrogens is 380 g/mol. The molecule has 0 saturated heterocycles. The van der Waals surface area contributed by atoms with Gasteiger partial charge in [0.05, 0.1) is 10.2 Å². The minimum absolute atomic E-state index is 0.145. The van der Waals surface area contributed by atoms with Gasteiger partial charge < -0.3 is 9.73 Å². The van der Waals surface area contributed by atoms with Gasteiger partial charge >= 0.3 is 0 Å². The van der Waals surface area contributed by atoms with Gasteiger partial charge in [-0.15, -0.1) is 10.2 Å². The Kier molecular flexibility index (Phi) is 5.74. The molecule has 1 heterocycles. The first kappa shape index (κ1) is 19.6. The Bertz CT molecular complexity index is 1010. The van der Waals surface area contributed by atoms with Gasteiger partial charge in [-0.3, -0.25) is 14.9 Å². The fraction of sp³-hybridized carbons (Fsp3) is 0.211. The molecule has 3 rings (SSSR count). The number of thioether (sulfide) groups is 1. The van der Waals surface area contributed by atoms with Gasteiger partial charge in [0.1, 0.15) is 5.69 Å². The maximum absolute atomic E-state index is 12.4. The van der Waals surface area contributed by atoms with E-state index in [2.05, 4.69) is 15.5 Å². The van der Waals surface area contributed by atoms with Gasteiger partial charge in [0.25, 0.3) is 10.9 Å². The second-order valence-electron chi connectivity index (χ2n) is 6.27. The lowest BCUT2D eigenvalue weighted by molar-refractivity contribution is -0.383. The van der Waals surface area contributed by atoms with E-state index >= 15 is 0 Å². The summed E-state index contributed by atoms with van der Waals surface area (Å²) < 4.78 is 5.67. The van der Waals surface area contributed by atoms with Crippen LogP contribution in [-0.2, 0) is 4.79 Å². The molecule has 1 amide bonds. The zero-order valence-electron chi connectivity index (χ0n) is 15.5. The lowest BCUT2D eigenvalue weighted by Gasteiger charge is -2.10. The van der Waals surface area contributed by atoms with E-state index < -0.39 is 16.1 Å². The van der Waals surface area contributed by atoms with Crippen LogP contribution in [0.4, 0.5) is 11.4 Å². The van der Waals surface area contributed by atoms with E-state index in [0.29, 0.717) is 5.89 Å². The number of nitro benzene ring substituents is 1. The zero-order chi connectivity index (χ0) is 20.3. The highest BCUT2D eigenvalue weighted by atomic mass is 32.2. The van der Waals surface area contributed by atoms with Crippen LogP contribution in [0.25, 0.3) is 11.5 Å². The Morgan fingerprint density at radius 2 is 1.86 bits per heavy atom. The number of carbonyl (C=O) groups excluding carboxylic acids is 1. The van der Waals surface area contributed by atoms with Crippen LogP contribution in [0.2, 0.25) is 0 Å². The summed E-state index contributed by atoms with van der Waals surface area (Å²) in [5.41, 5.74) is 2.96. The van der Waals surface area contributed by atoms with Gasteiger partial charge in [-0.1, -0.05) is 41.1 Å². The standard InChI is InChI=1S/C19H18N4O4S/c1-11-8-12(2)10-14(9-11)18-21-22-19(27-18)28-13(3)17(24)20-15-6-4-5-7-16(15)23(25)26/h4-10,13H,1-3H3,(H,20,24)/t13-/m0/s1. The lowest BCUT2D eigenvalue weighted by atomic mass is 10.1. The number of rotatable bonds is 6. The van der Waals surface area contributed by atoms with Crippen molar-refractivity contribution in [2.75, 3.05) is 5.32 Å². The molecule has 3 aromatic rings. The van der Waals surface area contributed by atoms with Gasteiger partial charge in [0.15, 0.2) is 0 Å². The number of para-hydroxylation sites is 2. The number of aromatic nitrogens is 2. The molecule has 1 N–H and O–H groups in total. The molecule has 0 aliphatic heterocycles. The molecule has 0 unspecified atom stereocenters. The van der Waals surface area contributed by atoms with Crippen molar-refractivity contribution in [3.63, 3.8) is 0 Å². The monoisotopic (exact) mass is 398 g/mol. The number of anilines is 1. The molecule has 2 aromatic carbocycles. The summed E-state index contributed by atoms with van der Waals surface area (Å²) in [6.07, 6.45) is 0. The topological polar surface area (TPSA) is 111 Å². The second kappa shape index (κ2) is 8.22. The second-order valence-corrected chi connectivity index (χ2v) is 7.57. The predicted molar refractivity (Wildman–Crippen MR) is 106 cm³/mol. The lowest BCUT2D eigenvalue weighted by Crippen LogP contribution is -2.22. The molecule has 144 valence electrons. The average molecular weight is 398 g/mol. The smallest absolute Gasteiger partial charge is 0.292 e. The van der Waals surface area contributed by atoms with Crippen LogP contribution in [0, 0.1) is 24.0 Å². The molecule has 0 aliphatic carbocycles. The highest BCUT2D eigenvalue weighted by Crippen LogP contribution is 2.29. The van der Waals surface area contributed by atoms with E-state index in [1.807, 2.05) is 32.0 Å². The summed E-state index contributed by atoms with van der Waals surface area (Å²) in [6.45, 7) is 5.63. The number of carbonyl (C=O) groups is 1. The molecule has 9 heteroatoms. The van der Waals surface area contributed by atoms with Crippen LogP contribution in [0.3, 0.4) is 0 Å². The van der Waals surface area contributed by atoms with Crippen LogP contribution in [0.5, 0.6) is 0 Å². The molecule has 0 aliphatic rings. The number of nitrogens with zero attached hydrogens (tertiary/aromatic N) is 3. The molecule has 0 fully saturated rings. The van der Waals surface area contributed by atoms with E-state index in [0.717, 1.165) is 28.5 Å². The van der Waals surface area contributed by atoms with Crippen LogP contribution in [0.15, 0.2) is 52.1 Å².